The first kappa shape index (κ1) is 15.1. The molecule has 126 valence electrons. The fourth-order valence-electron chi connectivity index (χ4n) is 4.11. The van der Waals surface area contributed by atoms with Crippen LogP contribution in [0.2, 0.25) is 0 Å². The average molecular weight is 327 g/mol. The predicted octanol–water partition coefficient (Wildman–Crippen LogP) is 2.87. The van der Waals surface area contributed by atoms with Gasteiger partial charge in [-0.2, -0.15) is 0 Å². The smallest absolute Gasteiger partial charge is 0.168 e. The van der Waals surface area contributed by atoms with Crippen molar-refractivity contribution < 1.29 is 19.7 Å². The number of fused-ring (bicyclic) bond motifs is 2. The zero-order valence-corrected chi connectivity index (χ0v) is 14.1. The van der Waals surface area contributed by atoms with E-state index in [4.69, 9.17) is 9.47 Å². The van der Waals surface area contributed by atoms with E-state index in [1.54, 1.807) is 13.2 Å². The van der Waals surface area contributed by atoms with Gasteiger partial charge in [0.05, 0.1) is 14.2 Å². The van der Waals surface area contributed by atoms with E-state index in [9.17, 15) is 10.2 Å². The summed E-state index contributed by atoms with van der Waals surface area (Å²) in [5, 5.41) is 21.1. The van der Waals surface area contributed by atoms with Crippen LogP contribution in [0, 0.1) is 0 Å². The van der Waals surface area contributed by atoms with Gasteiger partial charge in [0.15, 0.2) is 23.0 Å². The summed E-state index contributed by atoms with van der Waals surface area (Å²) in [6.45, 7) is 0.968. The molecule has 0 bridgehead atoms. The Morgan fingerprint density at radius 3 is 2.58 bits per heavy atom. The number of phenols is 2. The van der Waals surface area contributed by atoms with Crippen molar-refractivity contribution in [3.05, 3.63) is 34.9 Å². The van der Waals surface area contributed by atoms with E-state index in [1.165, 1.54) is 12.7 Å². The van der Waals surface area contributed by atoms with Gasteiger partial charge in [0.25, 0.3) is 0 Å². The maximum Gasteiger partial charge on any atom is 0.168 e. The van der Waals surface area contributed by atoms with Crippen LogP contribution in [0.15, 0.2) is 18.2 Å². The quantitative estimate of drug-likeness (QED) is 0.888. The molecule has 0 fully saturated rings. The summed E-state index contributed by atoms with van der Waals surface area (Å²) in [7, 11) is 5.21. The number of methoxy groups -OCH3 is 2. The van der Waals surface area contributed by atoms with Crippen LogP contribution in [-0.2, 0) is 12.8 Å². The van der Waals surface area contributed by atoms with E-state index in [0.29, 0.717) is 11.5 Å². The van der Waals surface area contributed by atoms with Crippen LogP contribution in [-0.4, -0.2) is 42.9 Å². The molecule has 0 aromatic heterocycles. The van der Waals surface area contributed by atoms with Crippen molar-refractivity contribution in [3.63, 3.8) is 0 Å². The molecule has 1 aliphatic carbocycles. The molecular formula is C19H21NO4. The van der Waals surface area contributed by atoms with E-state index in [1.807, 2.05) is 12.1 Å². The van der Waals surface area contributed by atoms with Crippen molar-refractivity contribution in [2.75, 3.05) is 27.8 Å². The van der Waals surface area contributed by atoms with E-state index in [0.717, 1.165) is 41.6 Å². The molecule has 0 amide bonds. The Bertz CT molecular complexity index is 831. The third kappa shape index (κ3) is 1.91. The van der Waals surface area contributed by atoms with Crippen LogP contribution in [0.4, 0.5) is 0 Å². The second-order valence-corrected chi connectivity index (χ2v) is 6.48. The van der Waals surface area contributed by atoms with Gasteiger partial charge in [0, 0.05) is 23.7 Å². The van der Waals surface area contributed by atoms with Gasteiger partial charge < -0.3 is 19.7 Å². The van der Waals surface area contributed by atoms with Crippen molar-refractivity contribution in [2.24, 2.45) is 0 Å². The Morgan fingerprint density at radius 2 is 1.88 bits per heavy atom. The summed E-state index contributed by atoms with van der Waals surface area (Å²) < 4.78 is 10.9. The number of benzene rings is 2. The molecule has 1 atom stereocenters. The highest BCUT2D eigenvalue weighted by Crippen LogP contribution is 2.55. The molecule has 1 aliphatic heterocycles. The summed E-state index contributed by atoms with van der Waals surface area (Å²) >= 11 is 0. The van der Waals surface area contributed by atoms with Crippen LogP contribution in [0.25, 0.3) is 11.1 Å². The van der Waals surface area contributed by atoms with Crippen LogP contribution < -0.4 is 9.47 Å². The molecule has 1 heterocycles. The first-order chi connectivity index (χ1) is 11.6. The minimum Gasteiger partial charge on any atom is -0.504 e. The topological polar surface area (TPSA) is 62.2 Å². The summed E-state index contributed by atoms with van der Waals surface area (Å²) in [5.74, 6) is 1.06. The zero-order chi connectivity index (χ0) is 17.0. The Balaban J connectivity index is 2.12. The normalized spacial score (nSPS) is 18.7. The van der Waals surface area contributed by atoms with E-state index >= 15 is 0 Å². The lowest BCUT2D eigenvalue weighted by Gasteiger charge is -2.40. The standard InChI is InChI=1S/C19H21NO4/c1-20-7-6-11-9-14(23-2)18(22)17-15(11)12(20)8-10-4-5-13(21)19(24-3)16(10)17/h4-5,9,12,21-22H,6-8H2,1-3H3. The minimum atomic E-state index is 0.0785. The number of ether oxygens (including phenoxy) is 2. The number of hydrogen-bond donors (Lipinski definition) is 2. The SMILES string of the molecule is COc1cc2c3c(c1O)-c1c(ccc(O)c1OC)CC3N(C)CC2. The van der Waals surface area contributed by atoms with Crippen LogP contribution in [0.5, 0.6) is 23.0 Å². The average Bonchev–Trinajstić information content (AvgIpc) is 2.59. The van der Waals surface area contributed by atoms with E-state index < -0.39 is 0 Å². The molecule has 1 unspecified atom stereocenters. The van der Waals surface area contributed by atoms with Crippen molar-refractivity contribution in [3.8, 4) is 34.1 Å². The predicted molar refractivity (Wildman–Crippen MR) is 91.1 cm³/mol. The Hall–Kier alpha value is -2.40. The Kier molecular flexibility index (Phi) is 3.35. The summed E-state index contributed by atoms with van der Waals surface area (Å²) in [6.07, 6.45) is 1.73. The first-order valence-electron chi connectivity index (χ1n) is 8.09. The molecule has 2 N–H and O–H groups in total. The second-order valence-electron chi connectivity index (χ2n) is 6.48. The van der Waals surface area contributed by atoms with Crippen LogP contribution in [0.3, 0.4) is 0 Å². The molecule has 0 saturated carbocycles. The number of phenolic OH excluding ortho intramolecular Hbond substituents is 2. The van der Waals surface area contributed by atoms with Crippen molar-refractivity contribution in [1.82, 2.24) is 4.90 Å². The molecule has 4 rings (SSSR count). The summed E-state index contributed by atoms with van der Waals surface area (Å²) in [6, 6.07) is 5.72. The Labute approximate surface area is 141 Å². The zero-order valence-electron chi connectivity index (χ0n) is 14.1. The van der Waals surface area contributed by atoms with Crippen molar-refractivity contribution in [1.29, 1.82) is 0 Å². The Morgan fingerprint density at radius 1 is 1.08 bits per heavy atom. The summed E-state index contributed by atoms with van der Waals surface area (Å²) in [5.41, 5.74) is 4.88. The van der Waals surface area contributed by atoms with Crippen molar-refractivity contribution in [2.45, 2.75) is 18.9 Å². The van der Waals surface area contributed by atoms with Gasteiger partial charge >= 0.3 is 0 Å². The van der Waals surface area contributed by atoms with Gasteiger partial charge in [-0.05, 0) is 48.7 Å². The van der Waals surface area contributed by atoms with Gasteiger partial charge in [0.1, 0.15) is 0 Å². The molecule has 2 aromatic carbocycles. The number of likely N-dealkylation sites (N-methyl/N-ethyl adjacent to an activating group) is 1. The highest BCUT2D eigenvalue weighted by molar-refractivity contribution is 5.88. The van der Waals surface area contributed by atoms with Crippen molar-refractivity contribution >= 4 is 0 Å². The number of aromatic hydroxyl groups is 2. The molecule has 24 heavy (non-hydrogen) atoms. The highest BCUT2D eigenvalue weighted by Gasteiger charge is 2.37. The lowest BCUT2D eigenvalue weighted by atomic mass is 9.76. The van der Waals surface area contributed by atoms with Crippen LogP contribution in [0.1, 0.15) is 22.7 Å². The van der Waals surface area contributed by atoms with E-state index in [-0.39, 0.29) is 17.5 Å². The third-order valence-electron chi connectivity index (χ3n) is 5.30. The fraction of sp³-hybridized carbons (Fsp3) is 0.368. The molecule has 0 saturated heterocycles. The minimum absolute atomic E-state index is 0.0785. The lowest BCUT2D eigenvalue weighted by Crippen LogP contribution is -2.35. The number of hydrogen-bond acceptors (Lipinski definition) is 5. The maximum atomic E-state index is 10.9. The molecule has 0 spiro atoms. The lowest BCUT2D eigenvalue weighted by molar-refractivity contribution is 0.226. The van der Waals surface area contributed by atoms with Gasteiger partial charge in [-0.25, -0.2) is 0 Å². The first-order valence-corrected chi connectivity index (χ1v) is 8.09. The molecule has 0 radical (unpaired) electrons. The third-order valence-corrected chi connectivity index (χ3v) is 5.30. The van der Waals surface area contributed by atoms with Gasteiger partial charge in [-0.3, -0.25) is 4.90 Å². The molecule has 5 heteroatoms. The van der Waals surface area contributed by atoms with E-state index in [2.05, 4.69) is 11.9 Å². The number of nitrogens with zero attached hydrogens (tertiary/aromatic N) is 1. The largest absolute Gasteiger partial charge is 0.504 e. The molecule has 5 nitrogen and oxygen atoms in total. The van der Waals surface area contributed by atoms with Crippen LogP contribution >= 0.6 is 0 Å². The fourth-order valence-corrected chi connectivity index (χ4v) is 4.11. The van der Waals surface area contributed by atoms with Gasteiger partial charge in [-0.1, -0.05) is 6.07 Å². The highest BCUT2D eigenvalue weighted by atomic mass is 16.5. The maximum absolute atomic E-state index is 10.9. The number of rotatable bonds is 2. The second kappa shape index (κ2) is 5.31. The summed E-state index contributed by atoms with van der Waals surface area (Å²) in [4.78, 5) is 2.32. The van der Waals surface area contributed by atoms with Gasteiger partial charge in [0.2, 0.25) is 0 Å². The molecule has 2 aromatic rings. The van der Waals surface area contributed by atoms with Gasteiger partial charge in [-0.15, -0.1) is 0 Å². The molecular weight excluding hydrogens is 306 g/mol. The monoisotopic (exact) mass is 327 g/mol. The molecule has 2 aliphatic rings.